The molecule has 6 heteroatoms. The Morgan fingerprint density at radius 3 is 3.17 bits per heavy atom. The number of aromatic amines is 1. The molecule has 2 aromatic heterocycles. The topological polar surface area (TPSA) is 97.6 Å². The molecule has 0 spiro atoms. The number of primary amides is 1. The van der Waals surface area contributed by atoms with Gasteiger partial charge in [0.15, 0.2) is 5.65 Å². The minimum absolute atomic E-state index is 0.241. The van der Waals surface area contributed by atoms with Crippen LogP contribution >= 0.6 is 0 Å². The molecule has 0 saturated carbocycles. The number of carbonyl (C=O) groups excluding carboxylic acids is 1. The first-order valence-electron chi connectivity index (χ1n) is 3.23. The molecular formula is C6H5N5O. The summed E-state index contributed by atoms with van der Waals surface area (Å²) in [6.07, 6.45) is 2.85. The number of hydrogen-bond donors (Lipinski definition) is 2. The maximum absolute atomic E-state index is 10.8. The van der Waals surface area contributed by atoms with E-state index < -0.39 is 5.91 Å². The van der Waals surface area contributed by atoms with Gasteiger partial charge in [0.05, 0.1) is 5.39 Å². The van der Waals surface area contributed by atoms with E-state index in [1.165, 1.54) is 12.5 Å². The maximum atomic E-state index is 10.8. The normalized spacial score (nSPS) is 10.3. The van der Waals surface area contributed by atoms with E-state index in [1.54, 1.807) is 0 Å². The van der Waals surface area contributed by atoms with Gasteiger partial charge in [-0.15, -0.1) is 0 Å². The Labute approximate surface area is 66.8 Å². The van der Waals surface area contributed by atoms with Gasteiger partial charge in [0, 0.05) is 6.20 Å². The number of nitrogens with two attached hydrogens (primary N) is 1. The lowest BCUT2D eigenvalue weighted by molar-refractivity contribution is 0.0997. The minimum atomic E-state index is -0.563. The van der Waals surface area contributed by atoms with Crippen molar-refractivity contribution >= 4 is 16.9 Å². The Bertz CT molecular complexity index is 434. The van der Waals surface area contributed by atoms with Crippen LogP contribution in [0.3, 0.4) is 0 Å². The molecule has 6 nitrogen and oxygen atoms in total. The maximum Gasteiger partial charge on any atom is 0.267 e. The summed E-state index contributed by atoms with van der Waals surface area (Å²) in [5, 5.41) is 6.80. The molecule has 0 atom stereocenters. The molecule has 0 aromatic carbocycles. The second-order valence-corrected chi connectivity index (χ2v) is 2.22. The first-order valence-corrected chi connectivity index (χ1v) is 3.23. The zero-order chi connectivity index (χ0) is 8.55. The number of nitrogens with one attached hydrogen (secondary N) is 1. The summed E-state index contributed by atoms with van der Waals surface area (Å²) in [6, 6.07) is 0. The summed E-state index contributed by atoms with van der Waals surface area (Å²) in [5.41, 5.74) is 5.74. The second-order valence-electron chi connectivity index (χ2n) is 2.22. The van der Waals surface area contributed by atoms with Crippen LogP contribution in [0.15, 0.2) is 12.5 Å². The lowest BCUT2D eigenvalue weighted by Crippen LogP contribution is -2.11. The van der Waals surface area contributed by atoms with Crippen molar-refractivity contribution in [3.63, 3.8) is 0 Å². The van der Waals surface area contributed by atoms with Crippen LogP contribution in [0, 0.1) is 0 Å². The molecule has 12 heavy (non-hydrogen) atoms. The van der Waals surface area contributed by atoms with Gasteiger partial charge in [-0.25, -0.2) is 9.97 Å². The van der Waals surface area contributed by atoms with E-state index >= 15 is 0 Å². The van der Waals surface area contributed by atoms with Gasteiger partial charge in [-0.3, -0.25) is 9.89 Å². The molecule has 0 aliphatic carbocycles. The number of fused-ring (bicyclic) bond motifs is 1. The van der Waals surface area contributed by atoms with Crippen molar-refractivity contribution < 1.29 is 4.79 Å². The van der Waals surface area contributed by atoms with Crippen LogP contribution in [0.5, 0.6) is 0 Å². The van der Waals surface area contributed by atoms with Crippen molar-refractivity contribution in [2.45, 2.75) is 0 Å². The number of hydrogen-bond acceptors (Lipinski definition) is 4. The lowest BCUT2D eigenvalue weighted by Gasteiger charge is -1.87. The Hall–Kier alpha value is -1.98. The van der Waals surface area contributed by atoms with Crippen LogP contribution in [-0.2, 0) is 0 Å². The summed E-state index contributed by atoms with van der Waals surface area (Å²) in [5.74, 6) is -0.563. The van der Waals surface area contributed by atoms with Crippen molar-refractivity contribution in [1.82, 2.24) is 20.2 Å². The van der Waals surface area contributed by atoms with Crippen LogP contribution in [-0.4, -0.2) is 26.1 Å². The van der Waals surface area contributed by atoms with Gasteiger partial charge in [0.1, 0.15) is 12.0 Å². The molecule has 0 bridgehead atoms. The smallest absolute Gasteiger partial charge is 0.267 e. The summed E-state index contributed by atoms with van der Waals surface area (Å²) >= 11 is 0. The Morgan fingerprint density at radius 1 is 1.58 bits per heavy atom. The van der Waals surface area contributed by atoms with Crippen molar-refractivity contribution in [3.05, 3.63) is 18.2 Å². The molecule has 0 aliphatic rings. The number of rotatable bonds is 1. The van der Waals surface area contributed by atoms with Crippen molar-refractivity contribution in [2.75, 3.05) is 0 Å². The third-order valence-electron chi connectivity index (χ3n) is 1.48. The highest BCUT2D eigenvalue weighted by atomic mass is 16.1. The molecule has 2 heterocycles. The fraction of sp³-hybridized carbons (Fsp3) is 0. The molecule has 3 N–H and O–H groups in total. The number of nitrogens with zero attached hydrogens (tertiary/aromatic N) is 3. The minimum Gasteiger partial charge on any atom is -0.364 e. The summed E-state index contributed by atoms with van der Waals surface area (Å²) in [6.45, 7) is 0. The quantitative estimate of drug-likeness (QED) is 0.589. The fourth-order valence-electron chi connectivity index (χ4n) is 0.946. The molecule has 0 saturated heterocycles. The third kappa shape index (κ3) is 0.815. The lowest BCUT2D eigenvalue weighted by atomic mass is 10.3. The molecule has 2 aromatic rings. The van der Waals surface area contributed by atoms with E-state index in [0.29, 0.717) is 11.0 Å². The molecule has 0 fully saturated rings. The predicted molar refractivity (Wildman–Crippen MR) is 40.2 cm³/mol. The number of H-pyrrole nitrogens is 1. The van der Waals surface area contributed by atoms with Crippen molar-refractivity contribution in [2.24, 2.45) is 5.73 Å². The van der Waals surface area contributed by atoms with Crippen LogP contribution in [0.25, 0.3) is 11.0 Å². The van der Waals surface area contributed by atoms with Gasteiger partial charge in [-0.05, 0) is 0 Å². The molecule has 0 radical (unpaired) electrons. The van der Waals surface area contributed by atoms with E-state index in [4.69, 9.17) is 5.73 Å². The van der Waals surface area contributed by atoms with Gasteiger partial charge < -0.3 is 5.73 Å². The largest absolute Gasteiger partial charge is 0.364 e. The number of amides is 1. The van der Waals surface area contributed by atoms with E-state index in [2.05, 4.69) is 20.2 Å². The molecular weight excluding hydrogens is 158 g/mol. The highest BCUT2D eigenvalue weighted by Crippen LogP contribution is 2.09. The van der Waals surface area contributed by atoms with E-state index in [0.717, 1.165) is 0 Å². The summed E-state index contributed by atoms with van der Waals surface area (Å²) in [4.78, 5) is 18.3. The van der Waals surface area contributed by atoms with Crippen LogP contribution in [0.1, 0.15) is 10.5 Å². The average Bonchev–Trinajstić information content (AvgIpc) is 2.47. The first kappa shape index (κ1) is 6.71. The monoisotopic (exact) mass is 163 g/mol. The van der Waals surface area contributed by atoms with E-state index in [1.807, 2.05) is 0 Å². The molecule has 0 aliphatic heterocycles. The van der Waals surface area contributed by atoms with E-state index in [9.17, 15) is 4.79 Å². The highest BCUT2D eigenvalue weighted by Gasteiger charge is 2.09. The Morgan fingerprint density at radius 2 is 2.42 bits per heavy atom. The number of aromatic nitrogens is 4. The SMILES string of the molecule is NC(=O)c1[nH]nc2ncncc12. The van der Waals surface area contributed by atoms with Gasteiger partial charge in [0.25, 0.3) is 5.91 Å². The Kier molecular flexibility index (Phi) is 1.26. The first-order chi connectivity index (χ1) is 5.79. The third-order valence-corrected chi connectivity index (χ3v) is 1.48. The summed E-state index contributed by atoms with van der Waals surface area (Å²) in [7, 11) is 0. The molecule has 1 amide bonds. The standard InChI is InChI=1S/C6H5N5O/c7-5(12)4-3-1-8-2-9-6(3)11-10-4/h1-2H,(H2,7,12)(H,8,9,10,11). The zero-order valence-electron chi connectivity index (χ0n) is 5.98. The van der Waals surface area contributed by atoms with Crippen molar-refractivity contribution in [3.8, 4) is 0 Å². The molecule has 60 valence electrons. The average molecular weight is 163 g/mol. The van der Waals surface area contributed by atoms with Crippen LogP contribution < -0.4 is 5.73 Å². The van der Waals surface area contributed by atoms with Gasteiger partial charge in [0.2, 0.25) is 0 Å². The van der Waals surface area contributed by atoms with Gasteiger partial charge in [-0.2, -0.15) is 5.10 Å². The highest BCUT2D eigenvalue weighted by molar-refractivity contribution is 6.02. The predicted octanol–water partition coefficient (Wildman–Crippen LogP) is -0.548. The molecule has 0 unspecified atom stereocenters. The molecule has 2 rings (SSSR count). The summed E-state index contributed by atoms with van der Waals surface area (Å²) < 4.78 is 0. The zero-order valence-corrected chi connectivity index (χ0v) is 5.98. The number of carbonyl (C=O) groups is 1. The van der Waals surface area contributed by atoms with Crippen LogP contribution in [0.2, 0.25) is 0 Å². The Balaban J connectivity index is 2.79. The fourth-order valence-corrected chi connectivity index (χ4v) is 0.946. The van der Waals surface area contributed by atoms with Gasteiger partial charge in [-0.1, -0.05) is 0 Å². The van der Waals surface area contributed by atoms with E-state index in [-0.39, 0.29) is 5.69 Å². The van der Waals surface area contributed by atoms with Crippen molar-refractivity contribution in [1.29, 1.82) is 0 Å². The van der Waals surface area contributed by atoms with Crippen LogP contribution in [0.4, 0.5) is 0 Å². The second kappa shape index (κ2) is 2.26. The van der Waals surface area contributed by atoms with Gasteiger partial charge >= 0.3 is 0 Å².